The van der Waals surface area contributed by atoms with Gasteiger partial charge in [-0.05, 0) is 41.5 Å². The molecule has 1 heterocycles. The summed E-state index contributed by atoms with van der Waals surface area (Å²) < 4.78 is 65.3. The number of benzene rings is 2. The van der Waals surface area contributed by atoms with Gasteiger partial charge in [0.25, 0.3) is 0 Å². The van der Waals surface area contributed by atoms with Gasteiger partial charge in [0, 0.05) is 23.6 Å². The molecule has 2 aromatic carbocycles. The number of fused-ring (bicyclic) bond motifs is 1. The van der Waals surface area contributed by atoms with E-state index >= 15 is 0 Å². The Bertz CT molecular complexity index is 962. The van der Waals surface area contributed by atoms with E-state index in [1.54, 1.807) is 6.20 Å². The highest BCUT2D eigenvalue weighted by Crippen LogP contribution is 2.32. The number of rotatable bonds is 4. The first-order valence-electron chi connectivity index (χ1n) is 7.62. The first-order chi connectivity index (χ1) is 12.2. The summed E-state index contributed by atoms with van der Waals surface area (Å²) in [6.07, 6.45) is -3.31. The number of halogens is 5. The monoisotopic (exact) mass is 368 g/mol. The molecule has 0 atom stereocenters. The highest BCUT2D eigenvalue weighted by molar-refractivity contribution is 5.88. The van der Waals surface area contributed by atoms with Gasteiger partial charge in [-0.3, -0.25) is 4.79 Å². The molecule has 8 heteroatoms. The van der Waals surface area contributed by atoms with Crippen molar-refractivity contribution in [3.8, 4) is 0 Å². The van der Waals surface area contributed by atoms with Crippen molar-refractivity contribution in [2.75, 3.05) is 0 Å². The quantitative estimate of drug-likeness (QED) is 0.662. The number of aromatic amines is 1. The van der Waals surface area contributed by atoms with Crippen LogP contribution >= 0.6 is 0 Å². The van der Waals surface area contributed by atoms with Crippen molar-refractivity contribution in [3.63, 3.8) is 0 Å². The van der Waals surface area contributed by atoms with E-state index in [2.05, 4.69) is 10.3 Å². The second-order valence-corrected chi connectivity index (χ2v) is 5.76. The summed E-state index contributed by atoms with van der Waals surface area (Å²) in [5.41, 5.74) is -0.205. The Labute approximate surface area is 144 Å². The molecule has 1 aromatic heterocycles. The lowest BCUT2D eigenvalue weighted by atomic mass is 10.1. The fourth-order valence-electron chi connectivity index (χ4n) is 2.69. The van der Waals surface area contributed by atoms with Crippen molar-refractivity contribution in [2.45, 2.75) is 19.1 Å². The van der Waals surface area contributed by atoms with Gasteiger partial charge in [0.2, 0.25) is 5.91 Å². The largest absolute Gasteiger partial charge is 0.416 e. The highest BCUT2D eigenvalue weighted by Gasteiger charge is 2.33. The Kier molecular flexibility index (Phi) is 4.67. The molecule has 0 unspecified atom stereocenters. The predicted molar refractivity (Wildman–Crippen MR) is 85.2 cm³/mol. The molecule has 3 rings (SSSR count). The Morgan fingerprint density at radius 3 is 2.42 bits per heavy atom. The summed E-state index contributed by atoms with van der Waals surface area (Å²) in [7, 11) is 0. The predicted octanol–water partition coefficient (Wildman–Crippen LogP) is 4.32. The van der Waals surface area contributed by atoms with Gasteiger partial charge in [-0.15, -0.1) is 0 Å². The molecular weight excluding hydrogens is 355 g/mol. The van der Waals surface area contributed by atoms with E-state index < -0.39 is 35.8 Å². The topological polar surface area (TPSA) is 44.9 Å². The molecule has 0 saturated heterocycles. The molecular formula is C18H13F5N2O. The molecule has 2 N–H and O–H groups in total. The summed E-state index contributed by atoms with van der Waals surface area (Å²) in [4.78, 5) is 15.0. The van der Waals surface area contributed by atoms with E-state index in [0.29, 0.717) is 22.5 Å². The van der Waals surface area contributed by atoms with Crippen LogP contribution < -0.4 is 5.32 Å². The van der Waals surface area contributed by atoms with Gasteiger partial charge in [-0.1, -0.05) is 6.07 Å². The van der Waals surface area contributed by atoms with Crippen LogP contribution in [0.1, 0.15) is 16.7 Å². The van der Waals surface area contributed by atoms with E-state index in [1.807, 2.05) is 0 Å². The van der Waals surface area contributed by atoms with Crippen LogP contribution in [0.4, 0.5) is 22.0 Å². The maximum Gasteiger partial charge on any atom is 0.416 e. The fraction of sp³-hybridized carbons (Fsp3) is 0.167. The summed E-state index contributed by atoms with van der Waals surface area (Å²) in [5, 5.41) is 2.91. The van der Waals surface area contributed by atoms with Crippen molar-refractivity contribution in [1.29, 1.82) is 0 Å². The van der Waals surface area contributed by atoms with Crippen LogP contribution in [0.25, 0.3) is 10.9 Å². The smallest absolute Gasteiger partial charge is 0.361 e. The van der Waals surface area contributed by atoms with Crippen molar-refractivity contribution in [3.05, 3.63) is 70.9 Å². The molecule has 3 nitrogen and oxygen atoms in total. The minimum Gasteiger partial charge on any atom is -0.361 e. The fourth-order valence-corrected chi connectivity index (χ4v) is 2.69. The molecule has 1 amide bonds. The molecule has 0 aliphatic rings. The second-order valence-electron chi connectivity index (χ2n) is 5.76. The zero-order valence-electron chi connectivity index (χ0n) is 13.3. The van der Waals surface area contributed by atoms with Gasteiger partial charge in [0.05, 0.1) is 12.0 Å². The lowest BCUT2D eigenvalue weighted by Gasteiger charge is -2.13. The number of hydrogen-bond donors (Lipinski definition) is 2. The van der Waals surface area contributed by atoms with Crippen LogP contribution in [0, 0.1) is 11.6 Å². The molecule has 0 spiro atoms. The zero-order chi connectivity index (χ0) is 18.9. The van der Waals surface area contributed by atoms with E-state index in [-0.39, 0.29) is 12.0 Å². The van der Waals surface area contributed by atoms with Gasteiger partial charge in [0.15, 0.2) is 0 Å². The number of nitrogens with one attached hydrogen (secondary N) is 2. The minimum absolute atomic E-state index is 0.133. The molecule has 0 fully saturated rings. The van der Waals surface area contributed by atoms with E-state index in [9.17, 15) is 26.7 Å². The second kappa shape index (κ2) is 6.78. The van der Waals surface area contributed by atoms with Crippen molar-refractivity contribution in [2.24, 2.45) is 0 Å². The van der Waals surface area contributed by atoms with Gasteiger partial charge in [0.1, 0.15) is 11.6 Å². The maximum absolute atomic E-state index is 13.3. The lowest BCUT2D eigenvalue weighted by molar-refractivity contribution is -0.138. The normalized spacial score (nSPS) is 11.7. The standard InChI is InChI=1S/C18H13F5N2O/c19-12-3-4-16-14(6-12)11(9-24-16)5-17(26)25-8-10-1-2-13(20)7-15(10)18(21,22)23/h1-4,6-7,9,24H,5,8H2,(H,25,26). The number of carbonyl (C=O) groups excluding carboxylic acids is 1. The van der Waals surface area contributed by atoms with Crippen LogP contribution in [0.15, 0.2) is 42.6 Å². The van der Waals surface area contributed by atoms with Gasteiger partial charge in [-0.2, -0.15) is 13.2 Å². The third-order valence-corrected chi connectivity index (χ3v) is 3.93. The zero-order valence-corrected chi connectivity index (χ0v) is 13.3. The Morgan fingerprint density at radius 1 is 1.00 bits per heavy atom. The summed E-state index contributed by atoms with van der Waals surface area (Å²) >= 11 is 0. The van der Waals surface area contributed by atoms with Gasteiger partial charge < -0.3 is 10.3 Å². The van der Waals surface area contributed by atoms with Crippen molar-refractivity contribution in [1.82, 2.24) is 10.3 Å². The highest BCUT2D eigenvalue weighted by atomic mass is 19.4. The number of carbonyl (C=O) groups is 1. The number of aromatic nitrogens is 1. The minimum atomic E-state index is -4.73. The number of H-pyrrole nitrogens is 1. The molecule has 0 aliphatic heterocycles. The third-order valence-electron chi connectivity index (χ3n) is 3.93. The molecule has 26 heavy (non-hydrogen) atoms. The van der Waals surface area contributed by atoms with Gasteiger partial charge in [-0.25, -0.2) is 8.78 Å². The number of alkyl halides is 3. The van der Waals surface area contributed by atoms with E-state index in [1.165, 1.54) is 18.2 Å². The number of hydrogen-bond acceptors (Lipinski definition) is 1. The Morgan fingerprint density at radius 2 is 1.69 bits per heavy atom. The Hall–Kier alpha value is -2.90. The average Bonchev–Trinajstić information content (AvgIpc) is 2.95. The summed E-state index contributed by atoms with van der Waals surface area (Å²) in [6.45, 7) is -0.398. The molecule has 0 bridgehead atoms. The van der Waals surface area contributed by atoms with Crippen LogP contribution in [0.2, 0.25) is 0 Å². The maximum atomic E-state index is 13.3. The van der Waals surface area contributed by atoms with E-state index in [4.69, 9.17) is 0 Å². The first-order valence-corrected chi connectivity index (χ1v) is 7.62. The van der Waals surface area contributed by atoms with Crippen LogP contribution in [0.3, 0.4) is 0 Å². The lowest BCUT2D eigenvalue weighted by Crippen LogP contribution is -2.26. The van der Waals surface area contributed by atoms with Crippen molar-refractivity contribution >= 4 is 16.8 Å². The van der Waals surface area contributed by atoms with Gasteiger partial charge >= 0.3 is 6.18 Å². The van der Waals surface area contributed by atoms with Crippen LogP contribution in [-0.2, 0) is 23.9 Å². The molecule has 136 valence electrons. The van der Waals surface area contributed by atoms with Crippen LogP contribution in [0.5, 0.6) is 0 Å². The summed E-state index contributed by atoms with van der Waals surface area (Å²) in [5.74, 6) is -2.00. The Balaban J connectivity index is 1.72. The summed E-state index contributed by atoms with van der Waals surface area (Å²) in [6, 6.07) is 6.36. The molecule has 3 aromatic rings. The van der Waals surface area contributed by atoms with E-state index in [0.717, 1.165) is 12.1 Å². The average molecular weight is 368 g/mol. The third kappa shape index (κ3) is 3.84. The van der Waals surface area contributed by atoms with Crippen molar-refractivity contribution < 1.29 is 26.7 Å². The number of amides is 1. The van der Waals surface area contributed by atoms with Crippen LogP contribution in [-0.4, -0.2) is 10.9 Å². The molecule has 0 saturated carbocycles. The molecule has 0 aliphatic carbocycles. The molecule has 0 radical (unpaired) electrons. The SMILES string of the molecule is O=C(Cc1c[nH]c2ccc(F)cc12)NCc1ccc(F)cc1C(F)(F)F. The first kappa shape index (κ1) is 17.9.